The first-order valence-corrected chi connectivity index (χ1v) is 9.84. The molecule has 0 aliphatic heterocycles. The van der Waals surface area contributed by atoms with Gasteiger partial charge in [-0.25, -0.2) is 0 Å². The summed E-state index contributed by atoms with van der Waals surface area (Å²) in [4.78, 5) is 0. The van der Waals surface area contributed by atoms with Crippen LogP contribution in [0.4, 0.5) is 0 Å². The standard InChI is InChI=1S/C23H23Cl2NO2/c1-16(18-8-4-3-5-9-18)26-14-19-12-22(27-2)23(13-21(19)25)28-15-17-7-6-10-20(24)11-17/h3-13,16,26H,14-15H2,1-2H3. The van der Waals surface area contributed by atoms with Gasteiger partial charge in [-0.2, -0.15) is 0 Å². The molecule has 3 aromatic carbocycles. The molecule has 1 N–H and O–H groups in total. The highest BCUT2D eigenvalue weighted by molar-refractivity contribution is 6.31. The molecule has 1 atom stereocenters. The van der Waals surface area contributed by atoms with Gasteiger partial charge in [0.2, 0.25) is 0 Å². The smallest absolute Gasteiger partial charge is 0.163 e. The van der Waals surface area contributed by atoms with Crippen molar-refractivity contribution in [3.63, 3.8) is 0 Å². The molecule has 0 spiro atoms. The fourth-order valence-corrected chi connectivity index (χ4v) is 3.33. The second-order valence-electron chi connectivity index (χ2n) is 6.53. The first kappa shape index (κ1) is 20.5. The lowest BCUT2D eigenvalue weighted by Gasteiger charge is -2.17. The minimum absolute atomic E-state index is 0.210. The number of rotatable bonds is 8. The van der Waals surface area contributed by atoms with Gasteiger partial charge in [-0.1, -0.05) is 65.7 Å². The van der Waals surface area contributed by atoms with Gasteiger partial charge in [0.25, 0.3) is 0 Å². The van der Waals surface area contributed by atoms with E-state index in [0.29, 0.717) is 34.7 Å². The molecule has 0 aliphatic carbocycles. The molecule has 0 saturated carbocycles. The normalized spacial score (nSPS) is 11.9. The average Bonchev–Trinajstić information content (AvgIpc) is 2.72. The zero-order valence-electron chi connectivity index (χ0n) is 15.9. The van der Waals surface area contributed by atoms with Crippen LogP contribution in [0.15, 0.2) is 66.7 Å². The van der Waals surface area contributed by atoms with Crippen LogP contribution in [0.25, 0.3) is 0 Å². The third kappa shape index (κ3) is 5.41. The van der Waals surface area contributed by atoms with Gasteiger partial charge in [0.1, 0.15) is 6.61 Å². The summed E-state index contributed by atoms with van der Waals surface area (Å²) in [5.74, 6) is 1.25. The predicted octanol–water partition coefficient (Wildman–Crippen LogP) is 6.43. The van der Waals surface area contributed by atoms with Crippen molar-refractivity contribution in [2.24, 2.45) is 0 Å². The van der Waals surface area contributed by atoms with Crippen LogP contribution in [0.3, 0.4) is 0 Å². The van der Waals surface area contributed by atoms with Crippen LogP contribution in [0.1, 0.15) is 29.7 Å². The Balaban J connectivity index is 1.68. The monoisotopic (exact) mass is 415 g/mol. The van der Waals surface area contributed by atoms with Crippen LogP contribution in [0, 0.1) is 0 Å². The number of methoxy groups -OCH3 is 1. The lowest BCUT2D eigenvalue weighted by Crippen LogP contribution is -2.18. The van der Waals surface area contributed by atoms with E-state index in [1.165, 1.54) is 5.56 Å². The maximum absolute atomic E-state index is 6.50. The summed E-state index contributed by atoms with van der Waals surface area (Å²) in [6, 6.07) is 21.8. The van der Waals surface area contributed by atoms with Crippen molar-refractivity contribution < 1.29 is 9.47 Å². The molecule has 0 aliphatic rings. The molecule has 146 valence electrons. The van der Waals surface area contributed by atoms with Crippen molar-refractivity contribution in [3.8, 4) is 11.5 Å². The van der Waals surface area contributed by atoms with Crippen molar-refractivity contribution in [3.05, 3.63) is 93.5 Å². The maximum Gasteiger partial charge on any atom is 0.163 e. The number of hydrogen-bond donors (Lipinski definition) is 1. The van der Waals surface area contributed by atoms with Crippen molar-refractivity contribution in [2.75, 3.05) is 7.11 Å². The lowest BCUT2D eigenvalue weighted by atomic mass is 10.1. The van der Waals surface area contributed by atoms with Gasteiger partial charge < -0.3 is 14.8 Å². The molecule has 0 amide bonds. The van der Waals surface area contributed by atoms with Crippen LogP contribution in [0.2, 0.25) is 10.0 Å². The minimum atomic E-state index is 0.210. The molecule has 3 rings (SSSR count). The Kier molecular flexibility index (Phi) is 7.21. The number of hydrogen-bond acceptors (Lipinski definition) is 3. The van der Waals surface area contributed by atoms with E-state index in [9.17, 15) is 0 Å². The molecule has 5 heteroatoms. The quantitative estimate of drug-likeness (QED) is 0.459. The van der Waals surface area contributed by atoms with Crippen LogP contribution in [0.5, 0.6) is 11.5 Å². The summed E-state index contributed by atoms with van der Waals surface area (Å²) < 4.78 is 11.4. The first-order valence-electron chi connectivity index (χ1n) is 9.09. The Hall–Kier alpha value is -2.20. The summed E-state index contributed by atoms with van der Waals surface area (Å²) in [5, 5.41) is 4.81. The van der Waals surface area contributed by atoms with E-state index in [1.807, 2.05) is 48.5 Å². The van der Waals surface area contributed by atoms with E-state index in [0.717, 1.165) is 11.1 Å². The van der Waals surface area contributed by atoms with Crippen LogP contribution in [-0.4, -0.2) is 7.11 Å². The minimum Gasteiger partial charge on any atom is -0.493 e. The van der Waals surface area contributed by atoms with E-state index in [2.05, 4.69) is 24.4 Å². The predicted molar refractivity (Wildman–Crippen MR) is 115 cm³/mol. The molecule has 0 bridgehead atoms. The number of nitrogens with one attached hydrogen (secondary N) is 1. The second kappa shape index (κ2) is 9.83. The lowest BCUT2D eigenvalue weighted by molar-refractivity contribution is 0.284. The van der Waals surface area contributed by atoms with Gasteiger partial charge in [-0.15, -0.1) is 0 Å². The van der Waals surface area contributed by atoms with Gasteiger partial charge in [0, 0.05) is 28.7 Å². The fraction of sp³-hybridized carbons (Fsp3) is 0.217. The first-order chi connectivity index (χ1) is 13.6. The topological polar surface area (TPSA) is 30.5 Å². The fourth-order valence-electron chi connectivity index (χ4n) is 2.90. The zero-order valence-corrected chi connectivity index (χ0v) is 17.4. The Morgan fingerprint density at radius 3 is 2.43 bits per heavy atom. The van der Waals surface area contributed by atoms with E-state index < -0.39 is 0 Å². The molecule has 0 aromatic heterocycles. The third-order valence-corrected chi connectivity index (χ3v) is 5.10. The van der Waals surface area contributed by atoms with Crippen molar-refractivity contribution >= 4 is 23.2 Å². The summed E-state index contributed by atoms with van der Waals surface area (Å²) in [5.41, 5.74) is 3.16. The Morgan fingerprint density at radius 2 is 1.71 bits per heavy atom. The summed E-state index contributed by atoms with van der Waals surface area (Å²) in [7, 11) is 1.62. The number of benzene rings is 3. The Labute approximate surface area is 176 Å². The summed E-state index contributed by atoms with van der Waals surface area (Å²) in [6.45, 7) is 3.14. The highest BCUT2D eigenvalue weighted by Crippen LogP contribution is 2.34. The molecule has 0 radical (unpaired) electrons. The van der Waals surface area contributed by atoms with E-state index in [1.54, 1.807) is 13.2 Å². The molecule has 0 heterocycles. The summed E-state index contributed by atoms with van der Waals surface area (Å²) >= 11 is 12.5. The molecular weight excluding hydrogens is 393 g/mol. The van der Waals surface area contributed by atoms with Crippen LogP contribution < -0.4 is 14.8 Å². The van der Waals surface area contributed by atoms with Crippen molar-refractivity contribution in [1.82, 2.24) is 5.32 Å². The van der Waals surface area contributed by atoms with E-state index in [4.69, 9.17) is 32.7 Å². The van der Waals surface area contributed by atoms with Crippen LogP contribution >= 0.6 is 23.2 Å². The van der Waals surface area contributed by atoms with Crippen molar-refractivity contribution in [2.45, 2.75) is 26.1 Å². The summed E-state index contributed by atoms with van der Waals surface area (Å²) in [6.07, 6.45) is 0. The third-order valence-electron chi connectivity index (χ3n) is 4.51. The Bertz CT molecular complexity index is 916. The van der Waals surface area contributed by atoms with Gasteiger partial charge >= 0.3 is 0 Å². The zero-order chi connectivity index (χ0) is 19.9. The Morgan fingerprint density at radius 1 is 0.929 bits per heavy atom. The average molecular weight is 416 g/mol. The molecule has 28 heavy (non-hydrogen) atoms. The molecule has 3 aromatic rings. The number of ether oxygens (including phenoxy) is 2. The maximum atomic E-state index is 6.50. The number of halogens is 2. The molecular formula is C23H23Cl2NO2. The SMILES string of the molecule is COc1cc(CNC(C)c2ccccc2)c(Cl)cc1OCc1cccc(Cl)c1. The largest absolute Gasteiger partial charge is 0.493 e. The highest BCUT2D eigenvalue weighted by atomic mass is 35.5. The molecule has 0 saturated heterocycles. The van der Waals surface area contributed by atoms with Gasteiger partial charge in [0.05, 0.1) is 7.11 Å². The van der Waals surface area contributed by atoms with Crippen LogP contribution in [-0.2, 0) is 13.2 Å². The highest BCUT2D eigenvalue weighted by Gasteiger charge is 2.12. The molecule has 0 fully saturated rings. The molecule has 1 unspecified atom stereocenters. The molecule has 3 nitrogen and oxygen atoms in total. The van der Waals surface area contributed by atoms with Crippen molar-refractivity contribution in [1.29, 1.82) is 0 Å². The van der Waals surface area contributed by atoms with Gasteiger partial charge in [0.15, 0.2) is 11.5 Å². The van der Waals surface area contributed by atoms with E-state index in [-0.39, 0.29) is 6.04 Å². The second-order valence-corrected chi connectivity index (χ2v) is 7.37. The van der Waals surface area contributed by atoms with E-state index >= 15 is 0 Å². The van der Waals surface area contributed by atoms with Gasteiger partial charge in [-0.3, -0.25) is 0 Å². The van der Waals surface area contributed by atoms with Gasteiger partial charge in [-0.05, 0) is 41.8 Å².